The lowest BCUT2D eigenvalue weighted by atomic mass is 9.95. The molecular weight excluding hydrogens is 260 g/mol. The van der Waals surface area contributed by atoms with Gasteiger partial charge in [0.15, 0.2) is 0 Å². The maximum atomic E-state index is 6.11. The number of rotatable bonds is 3. The molecule has 0 saturated heterocycles. The number of benzene rings is 1. The first-order valence-corrected chi connectivity index (χ1v) is 7.12. The van der Waals surface area contributed by atoms with Gasteiger partial charge in [-0.05, 0) is 31.0 Å². The summed E-state index contributed by atoms with van der Waals surface area (Å²) in [6, 6.07) is 6.36. The Morgan fingerprint density at radius 3 is 2.79 bits per heavy atom. The SMILES string of the molecule is Clc1ccc(-n2cncn2)c(NC2CCCCC2)c1. The number of aromatic nitrogens is 3. The molecule has 1 fully saturated rings. The molecule has 0 unspecified atom stereocenters. The standard InChI is InChI=1S/C14H17ClN4/c15-11-6-7-14(19-10-16-9-17-19)13(8-11)18-12-4-2-1-3-5-12/h6-10,12,18H,1-5H2. The van der Waals surface area contributed by atoms with Gasteiger partial charge < -0.3 is 5.32 Å². The van der Waals surface area contributed by atoms with Gasteiger partial charge >= 0.3 is 0 Å². The van der Waals surface area contributed by atoms with Crippen molar-refractivity contribution < 1.29 is 0 Å². The third kappa shape index (κ3) is 2.89. The highest BCUT2D eigenvalue weighted by Gasteiger charge is 2.15. The van der Waals surface area contributed by atoms with Crippen molar-refractivity contribution in [2.24, 2.45) is 0 Å². The van der Waals surface area contributed by atoms with Crippen molar-refractivity contribution in [1.82, 2.24) is 14.8 Å². The molecule has 0 atom stereocenters. The van der Waals surface area contributed by atoms with Crippen LogP contribution in [0.25, 0.3) is 5.69 Å². The summed E-state index contributed by atoms with van der Waals surface area (Å²) < 4.78 is 1.77. The number of nitrogens with one attached hydrogen (secondary N) is 1. The van der Waals surface area contributed by atoms with Crippen LogP contribution < -0.4 is 5.32 Å². The van der Waals surface area contributed by atoms with Gasteiger partial charge in [0.1, 0.15) is 12.7 Å². The van der Waals surface area contributed by atoms with E-state index in [0.717, 1.165) is 16.4 Å². The second-order valence-electron chi connectivity index (χ2n) is 4.98. The average molecular weight is 277 g/mol. The van der Waals surface area contributed by atoms with Crippen LogP contribution in [0.4, 0.5) is 5.69 Å². The molecule has 1 aromatic heterocycles. The molecule has 0 amide bonds. The second-order valence-corrected chi connectivity index (χ2v) is 5.42. The van der Waals surface area contributed by atoms with E-state index in [9.17, 15) is 0 Å². The van der Waals surface area contributed by atoms with Crippen molar-refractivity contribution in [1.29, 1.82) is 0 Å². The topological polar surface area (TPSA) is 42.7 Å². The molecule has 2 aromatic rings. The predicted molar refractivity (Wildman–Crippen MR) is 76.9 cm³/mol. The quantitative estimate of drug-likeness (QED) is 0.930. The lowest BCUT2D eigenvalue weighted by Crippen LogP contribution is -2.23. The van der Waals surface area contributed by atoms with Gasteiger partial charge in [-0.1, -0.05) is 30.9 Å². The fraction of sp³-hybridized carbons (Fsp3) is 0.429. The van der Waals surface area contributed by atoms with Crippen molar-refractivity contribution in [3.63, 3.8) is 0 Å². The Kier molecular flexibility index (Phi) is 3.69. The number of nitrogens with zero attached hydrogens (tertiary/aromatic N) is 3. The first-order valence-electron chi connectivity index (χ1n) is 6.74. The molecule has 1 heterocycles. The normalized spacial score (nSPS) is 16.5. The largest absolute Gasteiger partial charge is 0.381 e. The van der Waals surface area contributed by atoms with Crippen LogP contribution in [0.15, 0.2) is 30.9 Å². The Labute approximate surface area is 117 Å². The lowest BCUT2D eigenvalue weighted by Gasteiger charge is -2.25. The minimum Gasteiger partial charge on any atom is -0.381 e. The zero-order valence-electron chi connectivity index (χ0n) is 10.7. The summed E-state index contributed by atoms with van der Waals surface area (Å²) in [7, 11) is 0. The van der Waals surface area contributed by atoms with E-state index in [1.807, 2.05) is 18.2 Å². The summed E-state index contributed by atoms with van der Waals surface area (Å²) in [5, 5.41) is 8.54. The Bertz CT molecular complexity index is 532. The van der Waals surface area contributed by atoms with Crippen LogP contribution in [0, 0.1) is 0 Å². The maximum absolute atomic E-state index is 6.11. The fourth-order valence-corrected chi connectivity index (χ4v) is 2.80. The van der Waals surface area contributed by atoms with Crippen molar-refractivity contribution in [2.45, 2.75) is 38.1 Å². The monoisotopic (exact) mass is 276 g/mol. The molecule has 1 saturated carbocycles. The summed E-state index contributed by atoms with van der Waals surface area (Å²) in [4.78, 5) is 4.00. The van der Waals surface area contributed by atoms with Gasteiger partial charge in [-0.15, -0.1) is 0 Å². The van der Waals surface area contributed by atoms with Gasteiger partial charge in [0, 0.05) is 11.1 Å². The smallest absolute Gasteiger partial charge is 0.138 e. The summed E-state index contributed by atoms with van der Waals surface area (Å²) in [6.45, 7) is 0. The van der Waals surface area contributed by atoms with Crippen molar-refractivity contribution in [3.8, 4) is 5.69 Å². The molecular formula is C14H17ClN4. The van der Waals surface area contributed by atoms with E-state index >= 15 is 0 Å². The van der Waals surface area contributed by atoms with Crippen molar-refractivity contribution in [3.05, 3.63) is 35.9 Å². The van der Waals surface area contributed by atoms with Gasteiger partial charge in [0.05, 0.1) is 11.4 Å². The van der Waals surface area contributed by atoms with Gasteiger partial charge in [-0.3, -0.25) is 0 Å². The van der Waals surface area contributed by atoms with Gasteiger partial charge in [0.25, 0.3) is 0 Å². The highest BCUT2D eigenvalue weighted by molar-refractivity contribution is 6.31. The van der Waals surface area contributed by atoms with E-state index in [1.165, 1.54) is 32.1 Å². The summed E-state index contributed by atoms with van der Waals surface area (Å²) >= 11 is 6.11. The van der Waals surface area contributed by atoms with Crippen LogP contribution in [-0.4, -0.2) is 20.8 Å². The molecule has 1 N–H and O–H groups in total. The molecule has 1 aliphatic carbocycles. The Morgan fingerprint density at radius 2 is 2.05 bits per heavy atom. The number of halogens is 1. The third-order valence-electron chi connectivity index (χ3n) is 3.59. The number of anilines is 1. The fourth-order valence-electron chi connectivity index (χ4n) is 2.62. The van der Waals surface area contributed by atoms with E-state index in [1.54, 1.807) is 17.3 Å². The highest BCUT2D eigenvalue weighted by Crippen LogP contribution is 2.28. The average Bonchev–Trinajstić information content (AvgIpc) is 2.94. The van der Waals surface area contributed by atoms with E-state index < -0.39 is 0 Å². The van der Waals surface area contributed by atoms with Crippen molar-refractivity contribution >= 4 is 17.3 Å². The Balaban J connectivity index is 1.88. The molecule has 0 radical (unpaired) electrons. The van der Waals surface area contributed by atoms with E-state index in [-0.39, 0.29) is 0 Å². The summed E-state index contributed by atoms with van der Waals surface area (Å²) in [5.41, 5.74) is 2.03. The van der Waals surface area contributed by atoms with Crippen LogP contribution in [0.3, 0.4) is 0 Å². The molecule has 5 heteroatoms. The van der Waals surface area contributed by atoms with Crippen LogP contribution in [0.2, 0.25) is 5.02 Å². The van der Waals surface area contributed by atoms with E-state index in [0.29, 0.717) is 6.04 Å². The molecule has 4 nitrogen and oxygen atoms in total. The summed E-state index contributed by atoms with van der Waals surface area (Å²) in [6.07, 6.45) is 9.65. The van der Waals surface area contributed by atoms with Crippen molar-refractivity contribution in [2.75, 3.05) is 5.32 Å². The Hall–Kier alpha value is -1.55. The second kappa shape index (κ2) is 5.61. The molecule has 0 spiro atoms. The molecule has 3 rings (SSSR count). The molecule has 0 bridgehead atoms. The molecule has 19 heavy (non-hydrogen) atoms. The number of hydrogen-bond donors (Lipinski definition) is 1. The molecule has 1 aliphatic rings. The molecule has 1 aromatic carbocycles. The minimum absolute atomic E-state index is 0.537. The number of hydrogen-bond acceptors (Lipinski definition) is 3. The van der Waals surface area contributed by atoms with E-state index in [2.05, 4.69) is 15.4 Å². The third-order valence-corrected chi connectivity index (χ3v) is 3.82. The molecule has 100 valence electrons. The zero-order valence-corrected chi connectivity index (χ0v) is 11.5. The maximum Gasteiger partial charge on any atom is 0.138 e. The van der Waals surface area contributed by atoms with Gasteiger partial charge in [-0.2, -0.15) is 5.10 Å². The summed E-state index contributed by atoms with van der Waals surface area (Å²) in [5.74, 6) is 0. The first-order chi connectivity index (χ1) is 9.33. The highest BCUT2D eigenvalue weighted by atomic mass is 35.5. The van der Waals surface area contributed by atoms with Crippen LogP contribution >= 0.6 is 11.6 Å². The van der Waals surface area contributed by atoms with Gasteiger partial charge in [-0.25, -0.2) is 9.67 Å². The van der Waals surface area contributed by atoms with Gasteiger partial charge in [0.2, 0.25) is 0 Å². The predicted octanol–water partition coefficient (Wildman–Crippen LogP) is 3.67. The van der Waals surface area contributed by atoms with E-state index in [4.69, 9.17) is 11.6 Å². The van der Waals surface area contributed by atoms with Crippen LogP contribution in [0.5, 0.6) is 0 Å². The zero-order chi connectivity index (χ0) is 13.1. The van der Waals surface area contributed by atoms with Crippen LogP contribution in [0.1, 0.15) is 32.1 Å². The minimum atomic E-state index is 0.537. The Morgan fingerprint density at radius 1 is 1.21 bits per heavy atom. The lowest BCUT2D eigenvalue weighted by molar-refractivity contribution is 0.462. The first kappa shape index (κ1) is 12.5. The van der Waals surface area contributed by atoms with Crippen LogP contribution in [-0.2, 0) is 0 Å². The molecule has 0 aliphatic heterocycles.